The molecule has 3 rings (SSSR count). The molecule has 1 fully saturated rings. The van der Waals surface area contributed by atoms with Crippen LogP contribution in [0.4, 0.5) is 9.18 Å². The maximum Gasteiger partial charge on any atom is 0.315 e. The molecule has 1 aliphatic heterocycles. The summed E-state index contributed by atoms with van der Waals surface area (Å²) < 4.78 is 19.2. The number of carbonyl (C=O) groups excluding carboxylic acids is 2. The number of hydrogen-bond acceptors (Lipinski definition) is 3. The molecule has 114 valence electrons. The van der Waals surface area contributed by atoms with Crippen molar-refractivity contribution in [3.05, 3.63) is 48.0 Å². The van der Waals surface area contributed by atoms with Gasteiger partial charge in [-0.1, -0.05) is 12.1 Å². The summed E-state index contributed by atoms with van der Waals surface area (Å²) in [4.78, 5) is 22.8. The fraction of sp³-hybridized carbons (Fsp3) is 0.200. The van der Waals surface area contributed by atoms with Crippen LogP contribution in [-0.4, -0.2) is 24.5 Å². The first-order valence-electron chi connectivity index (χ1n) is 6.79. The molecule has 0 unspecified atom stereocenters. The summed E-state index contributed by atoms with van der Waals surface area (Å²) in [6.45, 7) is 0.420. The Kier molecular flexibility index (Phi) is 3.78. The van der Waals surface area contributed by atoms with Crippen LogP contribution < -0.4 is 16.0 Å². The Labute approximate surface area is 125 Å². The van der Waals surface area contributed by atoms with Gasteiger partial charge in [0.25, 0.3) is 0 Å². The number of urea groups is 1. The molecule has 0 saturated carbocycles. The summed E-state index contributed by atoms with van der Waals surface area (Å²) in [5.74, 6) is 0.233. The van der Waals surface area contributed by atoms with Gasteiger partial charge in [0.15, 0.2) is 0 Å². The van der Waals surface area contributed by atoms with Gasteiger partial charge in [0.2, 0.25) is 5.91 Å². The van der Waals surface area contributed by atoms with E-state index in [1.54, 1.807) is 30.3 Å². The molecule has 1 aromatic carbocycles. The van der Waals surface area contributed by atoms with E-state index in [4.69, 9.17) is 4.42 Å². The molecule has 1 aliphatic rings. The largest absolute Gasteiger partial charge is 0.459 e. The highest BCUT2D eigenvalue weighted by Crippen LogP contribution is 2.24. The van der Waals surface area contributed by atoms with E-state index in [-0.39, 0.29) is 30.8 Å². The smallest absolute Gasteiger partial charge is 0.315 e. The third kappa shape index (κ3) is 2.93. The van der Waals surface area contributed by atoms with Gasteiger partial charge in [0, 0.05) is 6.54 Å². The molecule has 0 spiro atoms. The summed E-state index contributed by atoms with van der Waals surface area (Å²) in [7, 11) is 0. The van der Waals surface area contributed by atoms with Gasteiger partial charge in [0.05, 0.1) is 12.1 Å². The van der Waals surface area contributed by atoms with Crippen LogP contribution >= 0.6 is 0 Å². The molecule has 1 saturated heterocycles. The molecule has 1 atom stereocenters. The van der Waals surface area contributed by atoms with Gasteiger partial charge in [-0.3, -0.25) is 4.79 Å². The van der Waals surface area contributed by atoms with Crippen molar-refractivity contribution in [1.29, 1.82) is 0 Å². The highest BCUT2D eigenvalue weighted by Gasteiger charge is 2.26. The quantitative estimate of drug-likeness (QED) is 0.798. The highest BCUT2D eigenvalue weighted by molar-refractivity contribution is 5.90. The maximum absolute atomic E-state index is 13.7. The monoisotopic (exact) mass is 303 g/mol. The number of nitrogens with one attached hydrogen (secondary N) is 3. The first-order valence-corrected chi connectivity index (χ1v) is 6.79. The van der Waals surface area contributed by atoms with E-state index in [0.29, 0.717) is 17.1 Å². The zero-order valence-electron chi connectivity index (χ0n) is 11.6. The van der Waals surface area contributed by atoms with E-state index in [0.717, 1.165) is 0 Å². The van der Waals surface area contributed by atoms with Crippen LogP contribution in [0.25, 0.3) is 11.3 Å². The first-order chi connectivity index (χ1) is 10.6. The lowest BCUT2D eigenvalue weighted by Gasteiger charge is -2.08. The summed E-state index contributed by atoms with van der Waals surface area (Å²) in [6.07, 6.45) is 0. The molecule has 2 heterocycles. The lowest BCUT2D eigenvalue weighted by molar-refractivity contribution is -0.122. The molecule has 3 amide bonds. The van der Waals surface area contributed by atoms with Crippen LogP contribution in [0.15, 0.2) is 40.8 Å². The normalized spacial score (nSPS) is 17.0. The Morgan fingerprint density at radius 1 is 1.32 bits per heavy atom. The molecule has 7 heteroatoms. The van der Waals surface area contributed by atoms with Crippen LogP contribution in [0.2, 0.25) is 0 Å². The van der Waals surface area contributed by atoms with Gasteiger partial charge in [-0.05, 0) is 24.3 Å². The summed E-state index contributed by atoms with van der Waals surface area (Å²) in [5, 5.41) is 7.65. The topological polar surface area (TPSA) is 83.4 Å². The van der Waals surface area contributed by atoms with Crippen LogP contribution in [0.5, 0.6) is 0 Å². The molecule has 0 bridgehead atoms. The average molecular weight is 303 g/mol. The molecule has 1 aromatic heterocycles. The lowest BCUT2D eigenvalue weighted by atomic mass is 10.1. The number of carbonyl (C=O) groups is 2. The van der Waals surface area contributed by atoms with E-state index >= 15 is 0 Å². The third-order valence-electron chi connectivity index (χ3n) is 3.33. The number of amides is 3. The molecular weight excluding hydrogens is 289 g/mol. The van der Waals surface area contributed by atoms with Gasteiger partial charge in [-0.25, -0.2) is 9.18 Å². The van der Waals surface area contributed by atoms with Crippen molar-refractivity contribution in [3.63, 3.8) is 0 Å². The number of furan rings is 1. The van der Waals surface area contributed by atoms with Crippen molar-refractivity contribution in [1.82, 2.24) is 16.0 Å². The number of rotatable bonds is 4. The summed E-state index contributed by atoms with van der Waals surface area (Å²) >= 11 is 0. The molecule has 0 aliphatic carbocycles. The molecule has 3 N–H and O–H groups in total. The van der Waals surface area contributed by atoms with Gasteiger partial charge in [-0.15, -0.1) is 0 Å². The van der Waals surface area contributed by atoms with Gasteiger partial charge >= 0.3 is 6.03 Å². The van der Waals surface area contributed by atoms with Crippen LogP contribution in [0.1, 0.15) is 5.76 Å². The van der Waals surface area contributed by atoms with Gasteiger partial charge in [-0.2, -0.15) is 0 Å². The van der Waals surface area contributed by atoms with E-state index in [2.05, 4.69) is 16.0 Å². The van der Waals surface area contributed by atoms with Crippen molar-refractivity contribution in [2.75, 3.05) is 6.54 Å². The molecular formula is C15H14FN3O3. The second-order valence-electron chi connectivity index (χ2n) is 4.87. The second-order valence-corrected chi connectivity index (χ2v) is 4.87. The van der Waals surface area contributed by atoms with E-state index < -0.39 is 6.04 Å². The zero-order valence-corrected chi connectivity index (χ0v) is 11.6. The standard InChI is InChI=1S/C15H14FN3O3/c16-11-4-2-1-3-10(11)13-6-5-9(22-13)7-17-14(20)12-8-18-15(21)19-12/h1-6,12H,7-8H2,(H,17,20)(H2,18,19,21)/t12-/m0/s1. The molecule has 22 heavy (non-hydrogen) atoms. The second kappa shape index (κ2) is 5.88. The number of benzene rings is 1. The highest BCUT2D eigenvalue weighted by atomic mass is 19.1. The first kappa shape index (κ1) is 14.1. The van der Waals surface area contributed by atoms with Crippen LogP contribution in [0, 0.1) is 5.82 Å². The van der Waals surface area contributed by atoms with Crippen LogP contribution in [-0.2, 0) is 11.3 Å². The molecule has 6 nitrogen and oxygen atoms in total. The zero-order chi connectivity index (χ0) is 15.5. The van der Waals surface area contributed by atoms with Crippen LogP contribution in [0.3, 0.4) is 0 Å². The minimum atomic E-state index is -0.589. The maximum atomic E-state index is 13.7. The Bertz CT molecular complexity index is 714. The van der Waals surface area contributed by atoms with Gasteiger partial charge < -0.3 is 20.4 Å². The number of halogens is 1. The van der Waals surface area contributed by atoms with Crippen molar-refractivity contribution in [2.24, 2.45) is 0 Å². The summed E-state index contributed by atoms with van der Waals surface area (Å²) in [6, 6.07) is 8.68. The fourth-order valence-electron chi connectivity index (χ4n) is 2.19. The number of hydrogen-bond donors (Lipinski definition) is 3. The Balaban J connectivity index is 1.62. The molecule has 2 aromatic rings. The van der Waals surface area contributed by atoms with Crippen molar-refractivity contribution >= 4 is 11.9 Å². The predicted octanol–water partition coefficient (Wildman–Crippen LogP) is 1.38. The fourth-order valence-corrected chi connectivity index (χ4v) is 2.19. The lowest BCUT2D eigenvalue weighted by Crippen LogP contribution is -2.42. The Morgan fingerprint density at radius 3 is 2.86 bits per heavy atom. The van der Waals surface area contributed by atoms with Crippen molar-refractivity contribution in [2.45, 2.75) is 12.6 Å². The van der Waals surface area contributed by atoms with Crippen molar-refractivity contribution < 1.29 is 18.4 Å². The van der Waals surface area contributed by atoms with Gasteiger partial charge in [0.1, 0.15) is 23.4 Å². The minimum Gasteiger partial charge on any atom is -0.459 e. The predicted molar refractivity (Wildman–Crippen MR) is 76.3 cm³/mol. The SMILES string of the molecule is O=C1NC[C@@H](C(=O)NCc2ccc(-c3ccccc3F)o2)N1. The Morgan fingerprint density at radius 2 is 2.14 bits per heavy atom. The summed E-state index contributed by atoms with van der Waals surface area (Å²) in [5.41, 5.74) is 0.368. The third-order valence-corrected chi connectivity index (χ3v) is 3.33. The van der Waals surface area contributed by atoms with E-state index in [1.165, 1.54) is 6.07 Å². The molecule has 0 radical (unpaired) electrons. The minimum absolute atomic E-state index is 0.166. The van der Waals surface area contributed by atoms with E-state index in [9.17, 15) is 14.0 Å². The van der Waals surface area contributed by atoms with E-state index in [1.807, 2.05) is 0 Å². The average Bonchev–Trinajstić information content (AvgIpc) is 3.14. The Hall–Kier alpha value is -2.83. The van der Waals surface area contributed by atoms with Crippen molar-refractivity contribution in [3.8, 4) is 11.3 Å².